The Labute approximate surface area is 200 Å². The van der Waals surface area contributed by atoms with E-state index in [2.05, 4.69) is 30.2 Å². The third-order valence-corrected chi connectivity index (χ3v) is 6.80. The van der Waals surface area contributed by atoms with Crippen molar-refractivity contribution in [2.45, 2.75) is 6.18 Å². The van der Waals surface area contributed by atoms with Crippen molar-refractivity contribution in [2.75, 3.05) is 61.7 Å². The van der Waals surface area contributed by atoms with Crippen LogP contribution >= 0.6 is 7.14 Å². The van der Waals surface area contributed by atoms with E-state index in [4.69, 9.17) is 4.74 Å². The Morgan fingerprint density at radius 3 is 2.23 bits per heavy atom. The van der Waals surface area contributed by atoms with E-state index in [1.807, 2.05) is 30.3 Å². The molecule has 0 spiro atoms. The van der Waals surface area contributed by atoms with Gasteiger partial charge in [0.2, 0.25) is 5.95 Å². The zero-order valence-electron chi connectivity index (χ0n) is 19.5. The summed E-state index contributed by atoms with van der Waals surface area (Å²) in [5.74, 6) is -0.162. The van der Waals surface area contributed by atoms with Crippen molar-refractivity contribution in [3.05, 3.63) is 48.3 Å². The van der Waals surface area contributed by atoms with E-state index in [1.54, 1.807) is 18.2 Å². The Kier molecular flexibility index (Phi) is 6.84. The number of ether oxygens (including phenoxy) is 1. The SMILES string of the molecule is COc1nc(P(C)(C)=O)cnc1Nc1ncc(C(F)(F)F)c(N2CCN(c3ccccc3)CC2)n1. The molecule has 1 N–H and O–H groups in total. The second-order valence-corrected chi connectivity index (χ2v) is 11.5. The maximum atomic E-state index is 13.8. The van der Waals surface area contributed by atoms with Crippen molar-refractivity contribution in [3.63, 3.8) is 0 Å². The maximum absolute atomic E-state index is 13.8. The molecule has 1 fully saturated rings. The van der Waals surface area contributed by atoms with Gasteiger partial charge in [0.1, 0.15) is 24.0 Å². The topological polar surface area (TPSA) is 96.4 Å². The lowest BCUT2D eigenvalue weighted by Gasteiger charge is -2.37. The smallest absolute Gasteiger partial charge is 0.421 e. The lowest BCUT2D eigenvalue weighted by molar-refractivity contribution is -0.137. The minimum atomic E-state index is -4.62. The fourth-order valence-corrected chi connectivity index (χ4v) is 4.31. The van der Waals surface area contributed by atoms with Gasteiger partial charge in [-0.3, -0.25) is 0 Å². The van der Waals surface area contributed by atoms with Gasteiger partial charge < -0.3 is 24.4 Å². The van der Waals surface area contributed by atoms with Crippen LogP contribution < -0.4 is 25.3 Å². The van der Waals surface area contributed by atoms with Crippen LogP contribution in [-0.4, -0.2) is 66.6 Å². The Balaban J connectivity index is 1.60. The molecule has 0 aliphatic carbocycles. The van der Waals surface area contributed by atoms with Crippen molar-refractivity contribution < 1.29 is 22.5 Å². The molecule has 1 saturated heterocycles. The first-order valence-corrected chi connectivity index (χ1v) is 13.4. The molecule has 1 aliphatic heterocycles. The number of halogens is 3. The molecular formula is C22H25F3N7O2P. The average Bonchev–Trinajstić information content (AvgIpc) is 2.83. The Morgan fingerprint density at radius 2 is 1.63 bits per heavy atom. The molecular weight excluding hydrogens is 482 g/mol. The second-order valence-electron chi connectivity index (χ2n) is 8.30. The number of aromatic nitrogens is 4. The van der Waals surface area contributed by atoms with Crippen LogP contribution in [0.4, 0.5) is 36.4 Å². The molecule has 13 heteroatoms. The van der Waals surface area contributed by atoms with Gasteiger partial charge in [-0.2, -0.15) is 18.2 Å². The van der Waals surface area contributed by atoms with Crippen molar-refractivity contribution in [2.24, 2.45) is 0 Å². The second kappa shape index (κ2) is 9.69. The molecule has 186 valence electrons. The summed E-state index contributed by atoms with van der Waals surface area (Å²) in [6.45, 7) is 4.90. The lowest BCUT2D eigenvalue weighted by atomic mass is 10.2. The Bertz CT molecular complexity index is 1230. The van der Waals surface area contributed by atoms with Gasteiger partial charge in [-0.25, -0.2) is 15.0 Å². The molecule has 0 atom stereocenters. The van der Waals surface area contributed by atoms with E-state index in [9.17, 15) is 17.7 Å². The maximum Gasteiger partial charge on any atom is 0.421 e. The van der Waals surface area contributed by atoms with E-state index in [0.29, 0.717) is 26.2 Å². The highest BCUT2D eigenvalue weighted by Gasteiger charge is 2.37. The van der Waals surface area contributed by atoms with Crippen molar-refractivity contribution >= 4 is 35.8 Å². The molecule has 0 saturated carbocycles. The Morgan fingerprint density at radius 1 is 0.971 bits per heavy atom. The number of hydrogen-bond acceptors (Lipinski definition) is 9. The summed E-state index contributed by atoms with van der Waals surface area (Å²) in [6, 6.07) is 9.71. The van der Waals surface area contributed by atoms with Gasteiger partial charge in [-0.05, 0) is 25.5 Å². The van der Waals surface area contributed by atoms with Crippen LogP contribution in [0.25, 0.3) is 0 Å². The summed E-state index contributed by atoms with van der Waals surface area (Å²) >= 11 is 0. The van der Waals surface area contributed by atoms with E-state index < -0.39 is 18.9 Å². The number of piperazine rings is 1. The lowest BCUT2D eigenvalue weighted by Crippen LogP contribution is -2.47. The molecule has 2 aromatic heterocycles. The molecule has 3 aromatic rings. The number of methoxy groups -OCH3 is 1. The minimum absolute atomic E-state index is 0.0351. The molecule has 0 amide bonds. The summed E-state index contributed by atoms with van der Waals surface area (Å²) < 4.78 is 58.8. The molecule has 9 nitrogen and oxygen atoms in total. The predicted molar refractivity (Wildman–Crippen MR) is 129 cm³/mol. The third kappa shape index (κ3) is 5.64. The predicted octanol–water partition coefficient (Wildman–Crippen LogP) is 3.61. The van der Waals surface area contributed by atoms with E-state index >= 15 is 0 Å². The standard InChI is InChI=1S/C22H25F3N7O2P/c1-34-20-18(26-14-17(28-20)35(2,3)33)29-21-27-13-16(22(23,24)25)19(30-21)32-11-9-31(10-12-32)15-7-5-4-6-8-15/h4-8,13-14H,9-12H2,1-3H3,(H,26,27,29,30). The van der Waals surface area contributed by atoms with Crippen LogP contribution in [0.3, 0.4) is 0 Å². The fourth-order valence-electron chi connectivity index (χ4n) is 3.65. The fraction of sp³-hybridized carbons (Fsp3) is 0.364. The summed E-state index contributed by atoms with van der Waals surface area (Å²) in [5.41, 5.74) is 0.374. The summed E-state index contributed by atoms with van der Waals surface area (Å²) in [6.07, 6.45) is -2.53. The van der Waals surface area contributed by atoms with Crippen LogP contribution in [0.1, 0.15) is 5.56 Å². The van der Waals surface area contributed by atoms with Crippen LogP contribution in [0.15, 0.2) is 42.7 Å². The summed E-state index contributed by atoms with van der Waals surface area (Å²) in [5, 5.41) is 2.78. The Hall–Kier alpha value is -3.40. The highest BCUT2D eigenvalue weighted by molar-refractivity contribution is 7.69. The molecule has 0 radical (unpaired) electrons. The monoisotopic (exact) mass is 507 g/mol. The first-order valence-electron chi connectivity index (χ1n) is 10.8. The number of alkyl halides is 3. The van der Waals surface area contributed by atoms with Crippen molar-refractivity contribution in [3.8, 4) is 5.88 Å². The normalized spacial score (nSPS) is 14.7. The van der Waals surface area contributed by atoms with Crippen molar-refractivity contribution in [1.29, 1.82) is 0 Å². The van der Waals surface area contributed by atoms with Gasteiger partial charge in [-0.1, -0.05) is 18.2 Å². The highest BCUT2D eigenvalue weighted by Crippen LogP contribution is 2.37. The first kappa shape index (κ1) is 24.7. The van der Waals surface area contributed by atoms with Gasteiger partial charge in [0.25, 0.3) is 5.88 Å². The van der Waals surface area contributed by atoms with E-state index in [1.165, 1.54) is 13.3 Å². The summed E-state index contributed by atoms with van der Waals surface area (Å²) in [4.78, 5) is 20.1. The van der Waals surface area contributed by atoms with Gasteiger partial charge in [0.15, 0.2) is 5.82 Å². The van der Waals surface area contributed by atoms with Gasteiger partial charge in [0.05, 0.1) is 13.3 Å². The van der Waals surface area contributed by atoms with E-state index in [0.717, 1.165) is 11.9 Å². The quantitative estimate of drug-likeness (QED) is 0.502. The average molecular weight is 507 g/mol. The highest BCUT2D eigenvalue weighted by atomic mass is 31.2. The molecule has 1 aromatic carbocycles. The number of nitrogens with one attached hydrogen (secondary N) is 1. The zero-order valence-corrected chi connectivity index (χ0v) is 20.3. The number of anilines is 4. The molecule has 4 rings (SSSR count). The zero-order chi connectivity index (χ0) is 25.2. The van der Waals surface area contributed by atoms with Crippen LogP contribution in [0.2, 0.25) is 0 Å². The molecule has 1 aliphatic rings. The van der Waals surface area contributed by atoms with Gasteiger partial charge >= 0.3 is 6.18 Å². The van der Waals surface area contributed by atoms with Gasteiger partial charge in [0, 0.05) is 38.1 Å². The minimum Gasteiger partial charge on any atom is -0.478 e. The summed E-state index contributed by atoms with van der Waals surface area (Å²) in [7, 11) is -1.33. The largest absolute Gasteiger partial charge is 0.478 e. The third-order valence-electron chi connectivity index (χ3n) is 5.48. The van der Waals surface area contributed by atoms with E-state index in [-0.39, 0.29) is 28.9 Å². The van der Waals surface area contributed by atoms with Gasteiger partial charge in [-0.15, -0.1) is 0 Å². The molecule has 0 bridgehead atoms. The first-order chi connectivity index (χ1) is 16.6. The number of benzene rings is 1. The number of nitrogens with zero attached hydrogens (tertiary/aromatic N) is 6. The number of hydrogen-bond donors (Lipinski definition) is 1. The van der Waals surface area contributed by atoms with Crippen LogP contribution in [0.5, 0.6) is 5.88 Å². The molecule has 0 unspecified atom stereocenters. The van der Waals surface area contributed by atoms with Crippen LogP contribution in [0, 0.1) is 0 Å². The van der Waals surface area contributed by atoms with Crippen molar-refractivity contribution in [1.82, 2.24) is 19.9 Å². The number of rotatable bonds is 6. The number of para-hydroxylation sites is 1. The molecule has 35 heavy (non-hydrogen) atoms. The molecule has 3 heterocycles. The van der Waals surface area contributed by atoms with Crippen LogP contribution in [-0.2, 0) is 10.7 Å².